The van der Waals surface area contributed by atoms with Crippen LogP contribution in [0, 0.1) is 17.3 Å². The minimum Gasteiger partial charge on any atom is -0.330 e. The van der Waals surface area contributed by atoms with E-state index in [2.05, 4.69) is 23.9 Å². The molecule has 0 bridgehead atoms. The Morgan fingerprint density at radius 1 is 1.47 bits per heavy atom. The van der Waals surface area contributed by atoms with Crippen LogP contribution in [0.2, 0.25) is 0 Å². The normalized spacial score (nSPS) is 28.2. The van der Waals surface area contributed by atoms with E-state index in [4.69, 9.17) is 5.73 Å². The van der Waals surface area contributed by atoms with Crippen molar-refractivity contribution in [3.8, 4) is 0 Å². The van der Waals surface area contributed by atoms with E-state index in [0.29, 0.717) is 17.3 Å². The van der Waals surface area contributed by atoms with Gasteiger partial charge >= 0.3 is 0 Å². The Labute approximate surface area is 104 Å². The Bertz CT molecular complexity index is 369. The number of rotatable bonds is 3. The van der Waals surface area contributed by atoms with Crippen molar-refractivity contribution in [3.05, 3.63) is 12.2 Å². The van der Waals surface area contributed by atoms with Crippen LogP contribution in [0.1, 0.15) is 38.9 Å². The lowest BCUT2D eigenvalue weighted by molar-refractivity contribution is 0.119. The number of hydrogen-bond acceptors (Lipinski definition) is 3. The summed E-state index contributed by atoms with van der Waals surface area (Å²) in [5.41, 5.74) is 6.36. The monoisotopic (exact) mass is 236 g/mol. The van der Waals surface area contributed by atoms with E-state index < -0.39 is 0 Å². The maximum atomic E-state index is 5.91. The van der Waals surface area contributed by atoms with Gasteiger partial charge in [0.1, 0.15) is 12.2 Å². The summed E-state index contributed by atoms with van der Waals surface area (Å²) in [5.74, 6) is 2.40. The highest BCUT2D eigenvalue weighted by Gasteiger charge is 2.34. The fourth-order valence-corrected chi connectivity index (χ4v) is 3.08. The average molecular weight is 236 g/mol. The molecule has 0 aliphatic heterocycles. The molecule has 2 atom stereocenters. The van der Waals surface area contributed by atoms with Crippen LogP contribution in [-0.4, -0.2) is 21.3 Å². The highest BCUT2D eigenvalue weighted by Crippen LogP contribution is 2.42. The number of aryl methyl sites for hydroxylation is 1. The molecule has 0 amide bonds. The summed E-state index contributed by atoms with van der Waals surface area (Å²) in [6, 6.07) is 0. The molecular formula is C13H24N4. The summed E-state index contributed by atoms with van der Waals surface area (Å²) in [5, 5.41) is 4.14. The summed E-state index contributed by atoms with van der Waals surface area (Å²) >= 11 is 0. The molecule has 2 rings (SSSR count). The summed E-state index contributed by atoms with van der Waals surface area (Å²) in [4.78, 5) is 4.34. The van der Waals surface area contributed by atoms with Crippen LogP contribution in [-0.2, 0) is 13.5 Å². The Morgan fingerprint density at radius 2 is 2.24 bits per heavy atom. The lowest BCUT2D eigenvalue weighted by atomic mass is 9.66. The van der Waals surface area contributed by atoms with Gasteiger partial charge in [-0.15, -0.1) is 0 Å². The summed E-state index contributed by atoms with van der Waals surface area (Å²) < 4.78 is 1.88. The molecule has 1 aromatic rings. The van der Waals surface area contributed by atoms with Crippen LogP contribution in [0.25, 0.3) is 0 Å². The molecule has 96 valence electrons. The van der Waals surface area contributed by atoms with Crippen LogP contribution in [0.4, 0.5) is 0 Å². The molecule has 1 saturated carbocycles. The second-order valence-corrected chi connectivity index (χ2v) is 6.17. The molecule has 4 heteroatoms. The summed E-state index contributed by atoms with van der Waals surface area (Å²) in [6.45, 7) is 5.53. The van der Waals surface area contributed by atoms with Crippen molar-refractivity contribution in [1.82, 2.24) is 14.8 Å². The smallest absolute Gasteiger partial charge is 0.138 e. The molecule has 0 radical (unpaired) electrons. The molecule has 1 aromatic heterocycles. The van der Waals surface area contributed by atoms with Crippen LogP contribution < -0.4 is 5.73 Å². The number of nitrogens with zero attached hydrogens (tertiary/aromatic N) is 3. The van der Waals surface area contributed by atoms with Crippen LogP contribution in [0.3, 0.4) is 0 Å². The van der Waals surface area contributed by atoms with Crippen molar-refractivity contribution in [2.45, 2.75) is 39.5 Å². The maximum absolute atomic E-state index is 5.91. The fourth-order valence-electron chi connectivity index (χ4n) is 3.08. The zero-order valence-corrected chi connectivity index (χ0v) is 11.2. The van der Waals surface area contributed by atoms with Crippen molar-refractivity contribution in [2.24, 2.45) is 30.0 Å². The zero-order valence-electron chi connectivity index (χ0n) is 11.2. The van der Waals surface area contributed by atoms with Crippen molar-refractivity contribution in [2.75, 3.05) is 6.54 Å². The fraction of sp³-hybridized carbons (Fsp3) is 0.846. The molecule has 4 nitrogen and oxygen atoms in total. The van der Waals surface area contributed by atoms with Gasteiger partial charge in [-0.2, -0.15) is 5.10 Å². The standard InChI is InChI=1S/C13H24N4/c1-13(2)5-4-10(8-14)11(7-13)6-12-15-9-16-17(12)3/h9-11H,4-8,14H2,1-3H3. The molecule has 1 fully saturated rings. The first-order valence-corrected chi connectivity index (χ1v) is 6.55. The highest BCUT2D eigenvalue weighted by molar-refractivity contribution is 4.93. The van der Waals surface area contributed by atoms with Gasteiger partial charge in [0.25, 0.3) is 0 Å². The minimum atomic E-state index is 0.453. The SMILES string of the molecule is Cn1ncnc1CC1CC(C)(C)CCC1CN. The molecule has 2 unspecified atom stereocenters. The molecule has 1 aliphatic rings. The molecule has 17 heavy (non-hydrogen) atoms. The van der Waals surface area contributed by atoms with Crippen molar-refractivity contribution in [3.63, 3.8) is 0 Å². The van der Waals surface area contributed by atoms with Crippen molar-refractivity contribution >= 4 is 0 Å². The predicted octanol–water partition coefficient (Wildman–Crippen LogP) is 1.76. The van der Waals surface area contributed by atoms with Gasteiger partial charge < -0.3 is 5.73 Å². The highest BCUT2D eigenvalue weighted by atomic mass is 15.3. The van der Waals surface area contributed by atoms with Gasteiger partial charge in [0, 0.05) is 13.5 Å². The predicted molar refractivity (Wildman–Crippen MR) is 68.4 cm³/mol. The first-order valence-electron chi connectivity index (χ1n) is 6.55. The van der Waals surface area contributed by atoms with Gasteiger partial charge in [0.05, 0.1) is 0 Å². The average Bonchev–Trinajstić information content (AvgIpc) is 2.64. The third-order valence-corrected chi connectivity index (χ3v) is 4.23. The molecule has 1 heterocycles. The quantitative estimate of drug-likeness (QED) is 0.870. The third kappa shape index (κ3) is 2.86. The Kier molecular flexibility index (Phi) is 3.52. The molecule has 0 spiro atoms. The Hall–Kier alpha value is -0.900. The van der Waals surface area contributed by atoms with E-state index in [0.717, 1.165) is 18.8 Å². The maximum Gasteiger partial charge on any atom is 0.138 e. The molecule has 0 aromatic carbocycles. The van der Waals surface area contributed by atoms with E-state index >= 15 is 0 Å². The first kappa shape index (κ1) is 12.6. The van der Waals surface area contributed by atoms with Crippen molar-refractivity contribution in [1.29, 1.82) is 0 Å². The zero-order chi connectivity index (χ0) is 12.5. The largest absolute Gasteiger partial charge is 0.330 e. The van der Waals surface area contributed by atoms with Crippen LogP contribution in [0.15, 0.2) is 6.33 Å². The summed E-state index contributed by atoms with van der Waals surface area (Å²) in [6.07, 6.45) is 6.46. The van der Waals surface area contributed by atoms with Crippen molar-refractivity contribution < 1.29 is 0 Å². The number of aromatic nitrogens is 3. The van der Waals surface area contributed by atoms with E-state index in [1.807, 2.05) is 11.7 Å². The van der Waals surface area contributed by atoms with E-state index in [1.165, 1.54) is 19.3 Å². The van der Waals surface area contributed by atoms with Gasteiger partial charge in [-0.05, 0) is 43.1 Å². The minimum absolute atomic E-state index is 0.453. The third-order valence-electron chi connectivity index (χ3n) is 4.23. The Morgan fingerprint density at radius 3 is 2.82 bits per heavy atom. The molecule has 1 aliphatic carbocycles. The van der Waals surface area contributed by atoms with Crippen LogP contribution in [0.5, 0.6) is 0 Å². The van der Waals surface area contributed by atoms with Gasteiger partial charge in [-0.1, -0.05) is 13.8 Å². The van der Waals surface area contributed by atoms with Gasteiger partial charge in [-0.3, -0.25) is 4.68 Å². The molecule has 2 N–H and O–H groups in total. The first-order chi connectivity index (χ1) is 8.02. The topological polar surface area (TPSA) is 56.7 Å². The second-order valence-electron chi connectivity index (χ2n) is 6.17. The van der Waals surface area contributed by atoms with Gasteiger partial charge in [0.15, 0.2) is 0 Å². The number of nitrogens with two attached hydrogens (primary N) is 1. The second kappa shape index (κ2) is 4.77. The lowest BCUT2D eigenvalue weighted by Crippen LogP contribution is -2.35. The van der Waals surface area contributed by atoms with E-state index in [-0.39, 0.29) is 0 Å². The summed E-state index contributed by atoms with van der Waals surface area (Å²) in [7, 11) is 1.97. The van der Waals surface area contributed by atoms with Crippen LogP contribution >= 0.6 is 0 Å². The van der Waals surface area contributed by atoms with Gasteiger partial charge in [0.2, 0.25) is 0 Å². The lowest BCUT2D eigenvalue weighted by Gasteiger charge is -2.40. The number of hydrogen-bond donors (Lipinski definition) is 1. The van der Waals surface area contributed by atoms with Gasteiger partial charge in [-0.25, -0.2) is 4.98 Å². The molecule has 0 saturated heterocycles. The van der Waals surface area contributed by atoms with E-state index in [9.17, 15) is 0 Å². The Balaban J connectivity index is 2.08. The van der Waals surface area contributed by atoms with E-state index in [1.54, 1.807) is 6.33 Å². The molecular weight excluding hydrogens is 212 g/mol.